The van der Waals surface area contributed by atoms with Gasteiger partial charge in [0.05, 0.1) is 36.7 Å². The summed E-state index contributed by atoms with van der Waals surface area (Å²) >= 11 is 0. The van der Waals surface area contributed by atoms with Crippen LogP contribution in [0.3, 0.4) is 0 Å². The fraction of sp³-hybridized carbons (Fsp3) is 0.300. The monoisotopic (exact) mass is 380 g/mol. The van der Waals surface area contributed by atoms with Gasteiger partial charge in [-0.15, -0.1) is 0 Å². The molecule has 0 saturated carbocycles. The van der Waals surface area contributed by atoms with E-state index in [9.17, 15) is 10.1 Å². The number of fused-ring (bicyclic) bond motifs is 1. The van der Waals surface area contributed by atoms with Crippen LogP contribution in [0.4, 0.5) is 11.5 Å². The van der Waals surface area contributed by atoms with Crippen LogP contribution in [0.5, 0.6) is 0 Å². The zero-order chi connectivity index (χ0) is 19.3. The maximum atomic E-state index is 10.9. The largest absolute Gasteiger partial charge is 0.370 e. The molecule has 1 aliphatic heterocycles. The minimum atomic E-state index is -0.411. The molecule has 1 aromatic heterocycles. The maximum absolute atomic E-state index is 10.9. The molecule has 0 unspecified atom stereocenters. The molecule has 0 atom stereocenters. The minimum absolute atomic E-state index is 0.0522. The first-order valence-corrected chi connectivity index (χ1v) is 9.37. The molecule has 1 aliphatic rings. The van der Waals surface area contributed by atoms with Crippen LogP contribution in [-0.4, -0.2) is 54.3 Å². The second kappa shape index (κ2) is 8.28. The van der Waals surface area contributed by atoms with Crippen molar-refractivity contribution in [2.24, 2.45) is 0 Å². The molecule has 0 aliphatic carbocycles. The summed E-state index contributed by atoms with van der Waals surface area (Å²) < 4.78 is 5.41. The van der Waals surface area contributed by atoms with E-state index in [0.29, 0.717) is 5.82 Å². The highest BCUT2D eigenvalue weighted by Crippen LogP contribution is 2.25. The third-order valence-electron chi connectivity index (χ3n) is 4.91. The number of non-ortho nitro benzene ring substituents is 1. The van der Waals surface area contributed by atoms with Crippen molar-refractivity contribution >= 4 is 22.4 Å². The summed E-state index contributed by atoms with van der Waals surface area (Å²) in [4.78, 5) is 21.3. The van der Waals surface area contributed by atoms with Crippen molar-refractivity contribution in [3.8, 4) is 11.4 Å². The van der Waals surface area contributed by atoms with Crippen LogP contribution >= 0.6 is 0 Å². The fourth-order valence-electron chi connectivity index (χ4n) is 3.34. The van der Waals surface area contributed by atoms with Gasteiger partial charge in [-0.2, -0.15) is 0 Å². The highest BCUT2D eigenvalue weighted by Gasteiger charge is 2.14. The smallest absolute Gasteiger partial charge is 0.269 e. The van der Waals surface area contributed by atoms with Crippen LogP contribution < -0.4 is 10.2 Å². The normalized spacial score (nSPS) is 14.9. The average Bonchev–Trinajstić information content (AvgIpc) is 2.74. The number of hydrogen-bond acceptors (Lipinski definition) is 6. The topological polar surface area (TPSA) is 94.6 Å². The van der Waals surface area contributed by atoms with E-state index in [1.165, 1.54) is 17.0 Å². The molecule has 8 heteroatoms. The van der Waals surface area contributed by atoms with E-state index in [-0.39, 0.29) is 5.69 Å². The van der Waals surface area contributed by atoms with Crippen LogP contribution in [0.15, 0.2) is 48.5 Å². The highest BCUT2D eigenvalue weighted by molar-refractivity contribution is 5.90. The van der Waals surface area contributed by atoms with Crippen LogP contribution in [0.1, 0.15) is 0 Å². The average molecular weight is 380 g/mol. The Morgan fingerprint density at radius 2 is 1.82 bits per heavy atom. The lowest BCUT2D eigenvalue weighted by Gasteiger charge is -2.23. The Kier molecular flexibility index (Phi) is 5.41. The van der Waals surface area contributed by atoms with Crippen LogP contribution in [0.25, 0.3) is 22.3 Å². The summed E-state index contributed by atoms with van der Waals surface area (Å²) in [5, 5.41) is 15.3. The van der Waals surface area contributed by atoms with Crippen molar-refractivity contribution in [2.45, 2.75) is 0 Å². The van der Waals surface area contributed by atoms with Crippen molar-refractivity contribution in [3.05, 3.63) is 58.6 Å². The molecule has 1 saturated heterocycles. The molecule has 0 amide bonds. The lowest BCUT2D eigenvalue weighted by Crippen LogP contribution is -3.14. The van der Waals surface area contributed by atoms with E-state index in [4.69, 9.17) is 9.72 Å². The lowest BCUT2D eigenvalue weighted by atomic mass is 10.1. The molecule has 8 nitrogen and oxygen atoms in total. The number of hydrogen-bond donors (Lipinski definition) is 2. The Balaban J connectivity index is 1.58. The summed E-state index contributed by atoms with van der Waals surface area (Å²) in [6.45, 7) is 5.48. The number of para-hydroxylation sites is 1. The number of anilines is 1. The Morgan fingerprint density at radius 1 is 1.07 bits per heavy atom. The van der Waals surface area contributed by atoms with E-state index < -0.39 is 4.92 Å². The van der Waals surface area contributed by atoms with Gasteiger partial charge in [-0.3, -0.25) is 10.1 Å². The van der Waals surface area contributed by atoms with Gasteiger partial charge in [-0.1, -0.05) is 12.1 Å². The first-order chi connectivity index (χ1) is 13.7. The summed E-state index contributed by atoms with van der Waals surface area (Å²) in [5.74, 6) is 1.33. The number of nitro groups is 1. The van der Waals surface area contributed by atoms with Gasteiger partial charge >= 0.3 is 0 Å². The Bertz CT molecular complexity index is 971. The molecular weight excluding hydrogens is 358 g/mol. The van der Waals surface area contributed by atoms with Crippen LogP contribution in [-0.2, 0) is 4.74 Å². The Morgan fingerprint density at radius 3 is 2.57 bits per heavy atom. The SMILES string of the molecule is O=[N+]([O-])c1ccc(-c2nc(NCC[NH+]3CCOCC3)c3ccccc3n2)cc1. The molecule has 2 heterocycles. The van der Waals surface area contributed by atoms with E-state index in [0.717, 1.165) is 61.7 Å². The quantitative estimate of drug-likeness (QED) is 0.498. The van der Waals surface area contributed by atoms with E-state index in [1.54, 1.807) is 12.1 Å². The number of quaternary nitrogens is 1. The summed E-state index contributed by atoms with van der Waals surface area (Å²) in [5.41, 5.74) is 1.64. The molecule has 0 spiro atoms. The molecule has 0 bridgehead atoms. The molecule has 2 N–H and O–H groups in total. The maximum Gasteiger partial charge on any atom is 0.269 e. The third-order valence-corrected chi connectivity index (χ3v) is 4.91. The zero-order valence-electron chi connectivity index (χ0n) is 15.4. The number of ether oxygens (including phenoxy) is 1. The molecule has 1 fully saturated rings. The van der Waals surface area contributed by atoms with Crippen molar-refractivity contribution in [3.63, 3.8) is 0 Å². The van der Waals surface area contributed by atoms with Gasteiger partial charge in [0.2, 0.25) is 0 Å². The molecular formula is C20H22N5O3+. The summed E-state index contributed by atoms with van der Waals surface area (Å²) in [7, 11) is 0. The lowest BCUT2D eigenvalue weighted by molar-refractivity contribution is -0.906. The van der Waals surface area contributed by atoms with E-state index >= 15 is 0 Å². The molecule has 2 aromatic carbocycles. The number of aromatic nitrogens is 2. The predicted octanol–water partition coefficient (Wildman–Crippen LogP) is 1.53. The number of morpholine rings is 1. The first kappa shape index (κ1) is 18.3. The zero-order valence-corrected chi connectivity index (χ0v) is 15.4. The van der Waals surface area contributed by atoms with Gasteiger partial charge in [0.25, 0.3) is 5.69 Å². The number of benzene rings is 2. The van der Waals surface area contributed by atoms with Crippen LogP contribution in [0, 0.1) is 10.1 Å². The van der Waals surface area contributed by atoms with E-state index in [1.807, 2.05) is 24.3 Å². The standard InChI is InChI=1S/C20H21N5O3/c26-25(27)16-7-5-15(6-8-16)19-22-18-4-2-1-3-17(18)20(23-19)21-9-10-24-11-13-28-14-12-24/h1-8H,9-14H2,(H,21,22,23)/p+1. The van der Waals surface area contributed by atoms with Gasteiger partial charge in [0.1, 0.15) is 18.9 Å². The van der Waals surface area contributed by atoms with Gasteiger partial charge < -0.3 is 15.0 Å². The summed E-state index contributed by atoms with van der Waals surface area (Å²) in [6, 6.07) is 14.2. The second-order valence-electron chi connectivity index (χ2n) is 6.76. The molecule has 4 rings (SSSR count). The van der Waals surface area contributed by atoms with Crippen molar-refractivity contribution < 1.29 is 14.6 Å². The van der Waals surface area contributed by atoms with E-state index in [2.05, 4.69) is 10.3 Å². The first-order valence-electron chi connectivity index (χ1n) is 9.37. The fourth-order valence-corrected chi connectivity index (χ4v) is 3.34. The Hall–Kier alpha value is -3.10. The van der Waals surface area contributed by atoms with Gasteiger partial charge in [0.15, 0.2) is 5.82 Å². The van der Waals surface area contributed by atoms with Crippen molar-refractivity contribution in [1.82, 2.24) is 9.97 Å². The second-order valence-corrected chi connectivity index (χ2v) is 6.76. The Labute approximate surface area is 162 Å². The summed E-state index contributed by atoms with van der Waals surface area (Å²) in [6.07, 6.45) is 0. The van der Waals surface area contributed by atoms with Crippen molar-refractivity contribution in [2.75, 3.05) is 44.7 Å². The third kappa shape index (κ3) is 4.08. The predicted molar refractivity (Wildman–Crippen MR) is 107 cm³/mol. The molecule has 144 valence electrons. The number of nitro benzene ring substituents is 1. The van der Waals surface area contributed by atoms with Gasteiger partial charge in [0, 0.05) is 23.1 Å². The van der Waals surface area contributed by atoms with Crippen LogP contribution in [0.2, 0.25) is 0 Å². The highest BCUT2D eigenvalue weighted by atomic mass is 16.6. The molecule has 0 radical (unpaired) electrons. The van der Waals surface area contributed by atoms with Crippen molar-refractivity contribution in [1.29, 1.82) is 0 Å². The number of nitrogens with one attached hydrogen (secondary N) is 2. The molecule has 28 heavy (non-hydrogen) atoms. The number of nitrogens with zero attached hydrogens (tertiary/aromatic N) is 3. The molecule has 3 aromatic rings. The van der Waals surface area contributed by atoms with Gasteiger partial charge in [-0.25, -0.2) is 9.97 Å². The van der Waals surface area contributed by atoms with Gasteiger partial charge in [-0.05, 0) is 24.3 Å². The number of rotatable bonds is 6. The minimum Gasteiger partial charge on any atom is -0.370 e.